The molecular weight excluding hydrogens is 150 g/mol. The van der Waals surface area contributed by atoms with Crippen molar-refractivity contribution in [3.63, 3.8) is 0 Å². The second-order valence-electron chi connectivity index (χ2n) is 0. The molecular formula is C2CoKN2. The third kappa shape index (κ3) is 69.1. The molecule has 0 fully saturated rings. The Labute approximate surface area is 90.1 Å². The van der Waals surface area contributed by atoms with E-state index in [9.17, 15) is 0 Å². The average Bonchev–Trinajstić information content (AvgIpc) is 1.50. The van der Waals surface area contributed by atoms with Crippen LogP contribution >= 0.6 is 0 Å². The first-order valence-electron chi connectivity index (χ1n) is 0.447. The first kappa shape index (κ1) is 27.4. The summed E-state index contributed by atoms with van der Waals surface area (Å²) in [4.78, 5) is 0. The van der Waals surface area contributed by atoms with Crippen molar-refractivity contribution < 1.29 is 16.8 Å². The molecule has 0 aliphatic heterocycles. The van der Waals surface area contributed by atoms with Gasteiger partial charge in [-0.2, -0.15) is 0 Å². The fourth-order valence-electron chi connectivity index (χ4n) is 0. The van der Waals surface area contributed by atoms with Crippen molar-refractivity contribution in [1.82, 2.24) is 0 Å². The van der Waals surface area contributed by atoms with Crippen LogP contribution in [-0.4, -0.2) is 51.4 Å². The molecule has 2 nitrogen and oxygen atoms in total. The van der Waals surface area contributed by atoms with Gasteiger partial charge in [-0.15, -0.1) is 0 Å². The van der Waals surface area contributed by atoms with E-state index in [0.717, 1.165) is 0 Å². The molecule has 0 amide bonds. The Hall–Kier alpha value is 1.12. The molecule has 0 saturated heterocycles. The van der Waals surface area contributed by atoms with Crippen LogP contribution < -0.4 is 0 Å². The summed E-state index contributed by atoms with van der Waals surface area (Å²) in [6.45, 7) is 9.50. The molecule has 0 aromatic carbocycles. The van der Waals surface area contributed by atoms with Gasteiger partial charge in [0, 0.05) is 51.4 Å². The maximum Gasteiger partial charge on any atom is 2.00 e. The molecule has 28 valence electrons. The van der Waals surface area contributed by atoms with Crippen LogP contribution in [0.4, 0.5) is 0 Å². The Morgan fingerprint density at radius 1 is 0.833 bits per heavy atom. The van der Waals surface area contributed by atoms with Crippen LogP contribution in [0.1, 0.15) is 0 Å². The van der Waals surface area contributed by atoms with Crippen LogP contribution in [0.5, 0.6) is 0 Å². The van der Waals surface area contributed by atoms with E-state index in [1.807, 2.05) is 0 Å². The van der Waals surface area contributed by atoms with E-state index in [1.54, 1.807) is 0 Å². The first-order valence-corrected chi connectivity index (χ1v) is 0.447. The van der Waals surface area contributed by atoms with Crippen LogP contribution in [0.15, 0.2) is 0 Å². The summed E-state index contributed by atoms with van der Waals surface area (Å²) in [7, 11) is 0. The zero-order chi connectivity index (χ0) is 4.00. The maximum absolute atomic E-state index is 6.25. The average molecular weight is 150 g/mol. The van der Waals surface area contributed by atoms with Gasteiger partial charge in [-0.25, -0.2) is 0 Å². The molecule has 0 aromatic rings. The second kappa shape index (κ2) is 127. The van der Waals surface area contributed by atoms with E-state index in [4.69, 9.17) is 23.7 Å². The molecule has 0 atom stereocenters. The fraction of sp³-hybridized carbons (Fsp3) is 0. The van der Waals surface area contributed by atoms with E-state index < -0.39 is 0 Å². The second-order valence-corrected chi connectivity index (χ2v) is 0. The summed E-state index contributed by atoms with van der Waals surface area (Å²) in [6.07, 6.45) is 0. The minimum Gasteiger partial charge on any atom is -0.512 e. The summed E-state index contributed by atoms with van der Waals surface area (Å²) in [5, 5.41) is 12.5. The standard InChI is InChI=1S/2CN.Co.K/c2*1-2;;/q2*-1;+2;. The molecule has 0 aromatic heterocycles. The van der Waals surface area contributed by atoms with Gasteiger partial charge in [0.2, 0.25) is 0 Å². The third-order valence-corrected chi connectivity index (χ3v) is 0. The molecule has 0 unspecified atom stereocenters. The minimum absolute atomic E-state index is 0. The Bertz CT molecular complexity index is 27.0. The topological polar surface area (TPSA) is 47.6 Å². The molecule has 0 heterocycles. The SMILES string of the molecule is [C-]#N.[C-]#N.[Co+2].[K]. The van der Waals surface area contributed by atoms with Crippen molar-refractivity contribution in [1.29, 1.82) is 10.5 Å². The molecule has 0 saturated carbocycles. The van der Waals surface area contributed by atoms with Crippen molar-refractivity contribution >= 4 is 51.4 Å². The summed E-state index contributed by atoms with van der Waals surface area (Å²) in [5.41, 5.74) is 0. The molecule has 0 aliphatic rings. The van der Waals surface area contributed by atoms with Crippen molar-refractivity contribution in [3.8, 4) is 0 Å². The molecule has 2 radical (unpaired) electrons. The van der Waals surface area contributed by atoms with Gasteiger partial charge in [-0.3, -0.25) is 0 Å². The van der Waals surface area contributed by atoms with E-state index in [2.05, 4.69) is 0 Å². The van der Waals surface area contributed by atoms with Crippen LogP contribution in [0.3, 0.4) is 0 Å². The van der Waals surface area contributed by atoms with Crippen molar-refractivity contribution in [3.05, 3.63) is 13.1 Å². The normalized spacial score (nSPS) is 0.667. The molecule has 0 N–H and O–H groups in total. The van der Waals surface area contributed by atoms with Gasteiger partial charge in [0.25, 0.3) is 0 Å². The largest absolute Gasteiger partial charge is 2.00 e. The molecule has 0 rings (SSSR count). The minimum atomic E-state index is 0. The van der Waals surface area contributed by atoms with Gasteiger partial charge in [-0.05, 0) is 0 Å². The Balaban J connectivity index is -0.00000000500. The Morgan fingerprint density at radius 3 is 0.833 bits per heavy atom. The van der Waals surface area contributed by atoms with Gasteiger partial charge in [-0.1, -0.05) is 0 Å². The zero-order valence-electron chi connectivity index (χ0n) is 3.23. The molecule has 4 heteroatoms. The molecule has 0 bridgehead atoms. The van der Waals surface area contributed by atoms with E-state index in [-0.39, 0.29) is 68.2 Å². The third-order valence-electron chi connectivity index (χ3n) is 0. The Morgan fingerprint density at radius 2 is 0.833 bits per heavy atom. The molecule has 0 aliphatic carbocycles. The predicted molar refractivity (Wildman–Crippen MR) is 15.7 cm³/mol. The van der Waals surface area contributed by atoms with Crippen molar-refractivity contribution in [2.75, 3.05) is 0 Å². The predicted octanol–water partition coefficient (Wildman–Crippen LogP) is -0.191. The number of nitrogens with zero attached hydrogens (tertiary/aromatic N) is 2. The number of rotatable bonds is 0. The van der Waals surface area contributed by atoms with E-state index in [0.29, 0.717) is 0 Å². The fourth-order valence-corrected chi connectivity index (χ4v) is 0. The van der Waals surface area contributed by atoms with E-state index in [1.165, 1.54) is 0 Å². The smallest absolute Gasteiger partial charge is 0.512 e. The monoisotopic (exact) mass is 150 g/mol. The van der Waals surface area contributed by atoms with Gasteiger partial charge < -0.3 is 23.7 Å². The zero-order valence-corrected chi connectivity index (χ0v) is 7.39. The maximum atomic E-state index is 6.25. The summed E-state index contributed by atoms with van der Waals surface area (Å²) < 4.78 is 0. The Kier molecular flexibility index (Phi) is 582. The van der Waals surface area contributed by atoms with Crippen molar-refractivity contribution in [2.45, 2.75) is 0 Å². The van der Waals surface area contributed by atoms with Crippen LogP contribution in [0.2, 0.25) is 0 Å². The number of hydrogen-bond donors (Lipinski definition) is 0. The van der Waals surface area contributed by atoms with Gasteiger partial charge in [0.05, 0.1) is 0 Å². The van der Waals surface area contributed by atoms with Gasteiger partial charge in [0.1, 0.15) is 0 Å². The van der Waals surface area contributed by atoms with Crippen LogP contribution in [0.25, 0.3) is 0 Å². The summed E-state index contributed by atoms with van der Waals surface area (Å²) in [5.74, 6) is 0. The first-order chi connectivity index (χ1) is 2.00. The molecule has 0 spiro atoms. The van der Waals surface area contributed by atoms with E-state index >= 15 is 0 Å². The quantitative estimate of drug-likeness (QED) is 0.355. The van der Waals surface area contributed by atoms with Crippen LogP contribution in [0, 0.1) is 23.7 Å². The van der Waals surface area contributed by atoms with Gasteiger partial charge >= 0.3 is 16.8 Å². The molecule has 6 heavy (non-hydrogen) atoms. The van der Waals surface area contributed by atoms with Crippen LogP contribution in [-0.2, 0) is 16.8 Å². The summed E-state index contributed by atoms with van der Waals surface area (Å²) in [6, 6.07) is 0. The summed E-state index contributed by atoms with van der Waals surface area (Å²) >= 11 is 0. The number of hydrogen-bond acceptors (Lipinski definition) is 2. The van der Waals surface area contributed by atoms with Gasteiger partial charge in [0.15, 0.2) is 0 Å². The van der Waals surface area contributed by atoms with Crippen molar-refractivity contribution in [2.24, 2.45) is 0 Å².